The van der Waals surface area contributed by atoms with Crippen molar-refractivity contribution in [2.75, 3.05) is 20.1 Å². The Hall–Kier alpha value is -2.56. The number of hydrogen-bond acceptors (Lipinski definition) is 2. The lowest BCUT2D eigenvalue weighted by molar-refractivity contribution is 0.680. The number of rotatable bonds is 8. The fraction of sp³-hybridized carbons (Fsp3) is 0.304. The molecular weight excluding hydrogens is 332 g/mol. The van der Waals surface area contributed by atoms with Gasteiger partial charge >= 0.3 is 0 Å². The Kier molecular flexibility index (Phi) is 5.28. The van der Waals surface area contributed by atoms with E-state index in [2.05, 4.69) is 76.2 Å². The molecule has 0 bridgehead atoms. The molecule has 0 aliphatic rings. The molecule has 0 saturated heterocycles. The molecule has 2 aromatic heterocycles. The van der Waals surface area contributed by atoms with E-state index in [0.29, 0.717) is 0 Å². The lowest BCUT2D eigenvalue weighted by Gasteiger charge is -2.03. The molecule has 4 aromatic rings. The molecule has 0 fully saturated rings. The highest BCUT2D eigenvalue weighted by molar-refractivity contribution is 5.84. The second kappa shape index (κ2) is 7.99. The van der Waals surface area contributed by atoms with Crippen molar-refractivity contribution in [2.45, 2.75) is 26.3 Å². The van der Waals surface area contributed by atoms with Gasteiger partial charge in [0.2, 0.25) is 0 Å². The first kappa shape index (κ1) is 17.8. The molecule has 4 rings (SSSR count). The molecular formula is C23H28N4. The molecule has 4 N–H and O–H groups in total. The first-order valence-electron chi connectivity index (χ1n) is 9.75. The summed E-state index contributed by atoms with van der Waals surface area (Å²) in [4.78, 5) is 6.94. The SMILES string of the molecule is CNCCc1ccc2cc(CNCCc3c[nH]c4cc(C)ccc34)[nH]c2c1. The van der Waals surface area contributed by atoms with Crippen LogP contribution in [0.25, 0.3) is 21.8 Å². The maximum Gasteiger partial charge on any atom is 0.0459 e. The molecule has 4 heteroatoms. The summed E-state index contributed by atoms with van der Waals surface area (Å²) < 4.78 is 0. The highest BCUT2D eigenvalue weighted by Crippen LogP contribution is 2.20. The Balaban J connectivity index is 1.34. The zero-order chi connectivity index (χ0) is 18.6. The van der Waals surface area contributed by atoms with Gasteiger partial charge in [-0.05, 0) is 80.2 Å². The van der Waals surface area contributed by atoms with E-state index in [1.54, 1.807) is 0 Å². The molecule has 27 heavy (non-hydrogen) atoms. The van der Waals surface area contributed by atoms with E-state index in [1.807, 2.05) is 7.05 Å². The zero-order valence-corrected chi connectivity index (χ0v) is 16.2. The third kappa shape index (κ3) is 4.07. The van der Waals surface area contributed by atoms with Gasteiger partial charge in [-0.1, -0.05) is 24.3 Å². The molecule has 0 radical (unpaired) electrons. The van der Waals surface area contributed by atoms with Crippen LogP contribution in [0, 0.1) is 6.92 Å². The average molecular weight is 361 g/mol. The first-order valence-corrected chi connectivity index (χ1v) is 9.75. The van der Waals surface area contributed by atoms with Crippen LogP contribution >= 0.6 is 0 Å². The van der Waals surface area contributed by atoms with Crippen LogP contribution < -0.4 is 10.6 Å². The van der Waals surface area contributed by atoms with Crippen LogP contribution in [0.1, 0.15) is 22.4 Å². The van der Waals surface area contributed by atoms with Crippen LogP contribution in [0.3, 0.4) is 0 Å². The van der Waals surface area contributed by atoms with Crippen molar-refractivity contribution in [1.82, 2.24) is 20.6 Å². The number of benzene rings is 2. The van der Waals surface area contributed by atoms with E-state index in [-0.39, 0.29) is 0 Å². The van der Waals surface area contributed by atoms with Crippen LogP contribution in [0.2, 0.25) is 0 Å². The molecule has 0 saturated carbocycles. The highest BCUT2D eigenvalue weighted by Gasteiger charge is 2.05. The van der Waals surface area contributed by atoms with Gasteiger partial charge in [0.25, 0.3) is 0 Å². The van der Waals surface area contributed by atoms with Gasteiger partial charge in [-0.2, -0.15) is 0 Å². The van der Waals surface area contributed by atoms with Crippen LogP contribution in [0.15, 0.2) is 48.7 Å². The summed E-state index contributed by atoms with van der Waals surface area (Å²) in [6, 6.07) is 15.6. The van der Waals surface area contributed by atoms with Crippen molar-refractivity contribution < 1.29 is 0 Å². The molecule has 0 atom stereocenters. The van der Waals surface area contributed by atoms with Gasteiger partial charge in [0.05, 0.1) is 0 Å². The van der Waals surface area contributed by atoms with E-state index >= 15 is 0 Å². The van der Waals surface area contributed by atoms with Gasteiger partial charge in [0.1, 0.15) is 0 Å². The van der Waals surface area contributed by atoms with Crippen LogP contribution in [0.5, 0.6) is 0 Å². The fourth-order valence-corrected chi connectivity index (χ4v) is 3.71. The number of aromatic amines is 2. The molecule has 4 nitrogen and oxygen atoms in total. The smallest absolute Gasteiger partial charge is 0.0459 e. The minimum absolute atomic E-state index is 0.863. The Labute approximate surface area is 160 Å². The van der Waals surface area contributed by atoms with Crippen molar-refractivity contribution in [1.29, 1.82) is 0 Å². The molecule has 2 heterocycles. The maximum atomic E-state index is 3.57. The molecule has 2 aromatic carbocycles. The Morgan fingerprint density at radius 1 is 0.926 bits per heavy atom. The van der Waals surface area contributed by atoms with Gasteiger partial charge in [-0.15, -0.1) is 0 Å². The number of aryl methyl sites for hydroxylation is 1. The van der Waals surface area contributed by atoms with Gasteiger partial charge in [0, 0.05) is 34.9 Å². The van der Waals surface area contributed by atoms with Crippen molar-refractivity contribution in [3.63, 3.8) is 0 Å². The Morgan fingerprint density at radius 2 is 1.85 bits per heavy atom. The lowest BCUT2D eigenvalue weighted by Crippen LogP contribution is -2.16. The average Bonchev–Trinajstić information content (AvgIpc) is 3.26. The fourth-order valence-electron chi connectivity index (χ4n) is 3.71. The third-order valence-electron chi connectivity index (χ3n) is 5.22. The van der Waals surface area contributed by atoms with Gasteiger partial charge in [0.15, 0.2) is 0 Å². The molecule has 0 amide bonds. The largest absolute Gasteiger partial charge is 0.361 e. The van der Waals surface area contributed by atoms with Crippen LogP contribution in [-0.4, -0.2) is 30.1 Å². The lowest BCUT2D eigenvalue weighted by atomic mass is 10.1. The maximum absolute atomic E-state index is 3.57. The predicted octanol–water partition coefficient (Wildman–Crippen LogP) is 4.05. The molecule has 0 aliphatic heterocycles. The van der Waals surface area contributed by atoms with Crippen LogP contribution in [0.4, 0.5) is 0 Å². The van der Waals surface area contributed by atoms with Gasteiger partial charge in [-0.3, -0.25) is 0 Å². The van der Waals surface area contributed by atoms with E-state index in [1.165, 1.54) is 44.2 Å². The normalized spacial score (nSPS) is 11.6. The zero-order valence-electron chi connectivity index (χ0n) is 16.2. The minimum Gasteiger partial charge on any atom is -0.361 e. The number of H-pyrrole nitrogens is 2. The van der Waals surface area contributed by atoms with Crippen molar-refractivity contribution >= 4 is 21.8 Å². The van der Waals surface area contributed by atoms with E-state index in [0.717, 1.165) is 32.5 Å². The van der Waals surface area contributed by atoms with Crippen molar-refractivity contribution in [3.8, 4) is 0 Å². The summed E-state index contributed by atoms with van der Waals surface area (Å²) in [5, 5.41) is 9.40. The number of hydrogen-bond donors (Lipinski definition) is 4. The number of fused-ring (bicyclic) bond motifs is 2. The summed E-state index contributed by atoms with van der Waals surface area (Å²) in [6.45, 7) is 4.96. The quantitative estimate of drug-likeness (QED) is 0.358. The summed E-state index contributed by atoms with van der Waals surface area (Å²) in [5.74, 6) is 0. The second-order valence-electron chi connectivity index (χ2n) is 7.36. The Bertz CT molecular complexity index is 1040. The van der Waals surface area contributed by atoms with Gasteiger partial charge < -0.3 is 20.6 Å². The monoisotopic (exact) mass is 360 g/mol. The number of nitrogens with one attached hydrogen (secondary N) is 4. The van der Waals surface area contributed by atoms with Gasteiger partial charge in [-0.25, -0.2) is 0 Å². The van der Waals surface area contributed by atoms with E-state index < -0.39 is 0 Å². The van der Waals surface area contributed by atoms with E-state index in [4.69, 9.17) is 0 Å². The molecule has 0 unspecified atom stereocenters. The molecule has 0 aliphatic carbocycles. The van der Waals surface area contributed by atoms with Crippen molar-refractivity contribution in [2.24, 2.45) is 0 Å². The predicted molar refractivity (Wildman–Crippen MR) is 114 cm³/mol. The summed E-state index contributed by atoms with van der Waals surface area (Å²) in [5.41, 5.74) is 7.74. The first-order chi connectivity index (χ1) is 13.2. The summed E-state index contributed by atoms with van der Waals surface area (Å²) in [7, 11) is 1.99. The van der Waals surface area contributed by atoms with E-state index in [9.17, 15) is 0 Å². The summed E-state index contributed by atoms with van der Waals surface area (Å²) >= 11 is 0. The minimum atomic E-state index is 0.863. The third-order valence-corrected chi connectivity index (χ3v) is 5.22. The Morgan fingerprint density at radius 3 is 2.74 bits per heavy atom. The standard InChI is InChI=1S/C23H28N4/c1-16-3-6-21-19(14-26-23(21)11-16)8-10-25-15-20-13-18-5-4-17(7-9-24-2)12-22(18)27-20/h3-6,11-14,24-27H,7-10,15H2,1-2H3. The highest BCUT2D eigenvalue weighted by atomic mass is 14.9. The van der Waals surface area contributed by atoms with Crippen LogP contribution in [-0.2, 0) is 19.4 Å². The molecule has 0 spiro atoms. The topological polar surface area (TPSA) is 55.6 Å². The summed E-state index contributed by atoms with van der Waals surface area (Å²) in [6.07, 6.45) is 4.22. The number of likely N-dealkylation sites (N-methyl/N-ethyl adjacent to an activating group) is 1. The second-order valence-corrected chi connectivity index (χ2v) is 7.36. The molecule has 140 valence electrons. The van der Waals surface area contributed by atoms with Crippen molar-refractivity contribution in [3.05, 3.63) is 71.0 Å². The number of aromatic nitrogens is 2.